The summed E-state index contributed by atoms with van der Waals surface area (Å²) in [6.45, 7) is 2.63. The number of likely N-dealkylation sites (N-methyl/N-ethyl adjacent to an activating group) is 1. The van der Waals surface area contributed by atoms with Crippen molar-refractivity contribution in [1.82, 2.24) is 10.2 Å². The van der Waals surface area contributed by atoms with Crippen LogP contribution in [0.2, 0.25) is 0 Å². The lowest BCUT2D eigenvalue weighted by Gasteiger charge is -2.13. The molecular formula is C8H14N2O3. The van der Waals surface area contributed by atoms with Crippen LogP contribution in [0.5, 0.6) is 0 Å². The van der Waals surface area contributed by atoms with E-state index in [1.165, 1.54) is 6.20 Å². The zero-order valence-electron chi connectivity index (χ0n) is 7.78. The summed E-state index contributed by atoms with van der Waals surface area (Å²) < 4.78 is 0. The van der Waals surface area contributed by atoms with Gasteiger partial charge in [0.25, 0.3) is 0 Å². The Hall–Kier alpha value is -1.52. The van der Waals surface area contributed by atoms with E-state index in [2.05, 4.69) is 5.32 Å². The number of aliphatic carboxylic acids is 1. The van der Waals surface area contributed by atoms with Crippen molar-refractivity contribution in [2.75, 3.05) is 20.1 Å². The molecule has 0 aromatic rings. The van der Waals surface area contributed by atoms with Crippen LogP contribution in [0.4, 0.5) is 0 Å². The van der Waals surface area contributed by atoms with E-state index in [9.17, 15) is 9.59 Å². The van der Waals surface area contributed by atoms with Crippen LogP contribution >= 0.6 is 0 Å². The molecule has 0 saturated carbocycles. The molecule has 2 N–H and O–H groups in total. The number of amides is 1. The summed E-state index contributed by atoms with van der Waals surface area (Å²) in [7, 11) is 1.69. The minimum Gasteiger partial charge on any atom is -0.478 e. The zero-order valence-corrected chi connectivity index (χ0v) is 7.78. The van der Waals surface area contributed by atoms with Gasteiger partial charge in [-0.25, -0.2) is 4.79 Å². The summed E-state index contributed by atoms with van der Waals surface area (Å²) in [4.78, 5) is 22.7. The van der Waals surface area contributed by atoms with Gasteiger partial charge in [-0.1, -0.05) is 0 Å². The van der Waals surface area contributed by atoms with Crippen molar-refractivity contribution in [1.29, 1.82) is 0 Å². The molecule has 0 heterocycles. The zero-order chi connectivity index (χ0) is 10.3. The molecule has 0 rings (SSSR count). The molecular weight excluding hydrogens is 172 g/mol. The van der Waals surface area contributed by atoms with Crippen molar-refractivity contribution in [3.8, 4) is 0 Å². The van der Waals surface area contributed by atoms with Gasteiger partial charge < -0.3 is 15.3 Å². The molecule has 1 amide bonds. The average molecular weight is 186 g/mol. The van der Waals surface area contributed by atoms with Crippen molar-refractivity contribution in [2.45, 2.75) is 6.92 Å². The second-order valence-electron chi connectivity index (χ2n) is 2.46. The topological polar surface area (TPSA) is 69.6 Å². The third kappa shape index (κ3) is 5.72. The van der Waals surface area contributed by atoms with Gasteiger partial charge in [-0.15, -0.1) is 0 Å². The first-order valence-corrected chi connectivity index (χ1v) is 3.94. The van der Waals surface area contributed by atoms with Gasteiger partial charge in [0.15, 0.2) is 0 Å². The molecule has 0 aliphatic carbocycles. The van der Waals surface area contributed by atoms with Crippen molar-refractivity contribution in [3.63, 3.8) is 0 Å². The van der Waals surface area contributed by atoms with Crippen molar-refractivity contribution >= 4 is 11.9 Å². The van der Waals surface area contributed by atoms with Crippen LogP contribution in [0.3, 0.4) is 0 Å². The first-order chi connectivity index (χ1) is 6.07. The molecule has 0 fully saturated rings. The third-order valence-corrected chi connectivity index (χ3v) is 1.50. The highest BCUT2D eigenvalue weighted by molar-refractivity contribution is 5.80. The molecule has 0 radical (unpaired) electrons. The fraction of sp³-hybridized carbons (Fsp3) is 0.500. The smallest absolute Gasteiger partial charge is 0.329 e. The SMILES string of the molecule is CCN(C)C(=O)CN/C=C/C(=O)O. The van der Waals surface area contributed by atoms with Gasteiger partial charge in [-0.2, -0.15) is 0 Å². The number of rotatable bonds is 5. The Kier molecular flexibility index (Phi) is 5.34. The van der Waals surface area contributed by atoms with E-state index < -0.39 is 5.97 Å². The molecule has 0 aromatic carbocycles. The number of hydrogen-bond acceptors (Lipinski definition) is 3. The predicted octanol–water partition coefficient (Wildman–Crippen LogP) is -0.347. The number of nitrogens with one attached hydrogen (secondary N) is 1. The van der Waals surface area contributed by atoms with Gasteiger partial charge in [-0.3, -0.25) is 4.79 Å². The Morgan fingerprint density at radius 2 is 2.15 bits per heavy atom. The second-order valence-corrected chi connectivity index (χ2v) is 2.46. The van der Waals surface area contributed by atoms with Crippen LogP contribution in [0.1, 0.15) is 6.92 Å². The number of carbonyl (C=O) groups is 2. The average Bonchev–Trinajstić information content (AvgIpc) is 2.10. The monoisotopic (exact) mass is 186 g/mol. The minimum absolute atomic E-state index is 0.0717. The predicted molar refractivity (Wildman–Crippen MR) is 48.1 cm³/mol. The van der Waals surface area contributed by atoms with Crippen molar-refractivity contribution in [3.05, 3.63) is 12.3 Å². The number of nitrogens with zero attached hydrogens (tertiary/aromatic N) is 1. The normalized spacial score (nSPS) is 10.0. The third-order valence-electron chi connectivity index (χ3n) is 1.50. The molecule has 5 heteroatoms. The van der Waals surface area contributed by atoms with Gasteiger partial charge in [0.1, 0.15) is 0 Å². The molecule has 5 nitrogen and oxygen atoms in total. The Labute approximate surface area is 77.0 Å². The van der Waals surface area contributed by atoms with Gasteiger partial charge >= 0.3 is 5.97 Å². The maximum Gasteiger partial charge on any atom is 0.329 e. The number of carbonyl (C=O) groups excluding carboxylic acids is 1. The van der Waals surface area contributed by atoms with E-state index >= 15 is 0 Å². The summed E-state index contributed by atoms with van der Waals surface area (Å²) in [6.07, 6.45) is 2.18. The van der Waals surface area contributed by atoms with E-state index in [0.717, 1.165) is 6.08 Å². The van der Waals surface area contributed by atoms with E-state index in [0.29, 0.717) is 6.54 Å². The molecule has 0 saturated heterocycles. The first kappa shape index (κ1) is 11.5. The summed E-state index contributed by atoms with van der Waals surface area (Å²) in [6, 6.07) is 0. The molecule has 74 valence electrons. The molecule has 0 aliphatic heterocycles. The van der Waals surface area contributed by atoms with Crippen LogP contribution in [-0.4, -0.2) is 42.0 Å². The van der Waals surface area contributed by atoms with Crippen LogP contribution in [-0.2, 0) is 9.59 Å². The molecule has 0 spiro atoms. The molecule has 0 aliphatic rings. The van der Waals surface area contributed by atoms with Crippen molar-refractivity contribution in [2.24, 2.45) is 0 Å². The highest BCUT2D eigenvalue weighted by Crippen LogP contribution is 1.81. The van der Waals surface area contributed by atoms with E-state index in [1.54, 1.807) is 11.9 Å². The van der Waals surface area contributed by atoms with Crippen LogP contribution in [0.15, 0.2) is 12.3 Å². The Balaban J connectivity index is 3.65. The molecule has 0 aromatic heterocycles. The maximum atomic E-state index is 11.1. The minimum atomic E-state index is -1.04. The van der Waals surface area contributed by atoms with Crippen molar-refractivity contribution < 1.29 is 14.7 Å². The Bertz CT molecular complexity index is 213. The lowest BCUT2D eigenvalue weighted by molar-refractivity contribution is -0.131. The number of carboxylic acids is 1. The van der Waals surface area contributed by atoms with Gasteiger partial charge in [0.2, 0.25) is 5.91 Å². The highest BCUT2D eigenvalue weighted by atomic mass is 16.4. The van der Waals surface area contributed by atoms with Gasteiger partial charge in [-0.05, 0) is 6.92 Å². The number of hydrogen-bond donors (Lipinski definition) is 2. The first-order valence-electron chi connectivity index (χ1n) is 3.94. The molecule has 0 bridgehead atoms. The Morgan fingerprint density at radius 3 is 2.62 bits per heavy atom. The van der Waals surface area contributed by atoms with E-state index in [4.69, 9.17) is 5.11 Å². The lowest BCUT2D eigenvalue weighted by atomic mass is 10.5. The summed E-state index contributed by atoms with van der Waals surface area (Å²) >= 11 is 0. The van der Waals surface area contributed by atoms with E-state index in [1.807, 2.05) is 6.92 Å². The highest BCUT2D eigenvalue weighted by Gasteiger charge is 2.03. The standard InChI is InChI=1S/C8H14N2O3/c1-3-10(2)7(11)6-9-5-4-8(12)13/h4-5,9H,3,6H2,1-2H3,(H,12,13)/b5-4+. The second kappa shape index (κ2) is 6.05. The largest absolute Gasteiger partial charge is 0.478 e. The summed E-state index contributed by atoms with van der Waals surface area (Å²) in [5.74, 6) is -1.11. The number of carboxylic acid groups (broad SMARTS) is 1. The molecule has 0 atom stereocenters. The quantitative estimate of drug-likeness (QED) is 0.576. The van der Waals surface area contributed by atoms with Gasteiger partial charge in [0.05, 0.1) is 6.54 Å². The van der Waals surface area contributed by atoms with Crippen LogP contribution in [0, 0.1) is 0 Å². The fourth-order valence-electron chi connectivity index (χ4n) is 0.588. The van der Waals surface area contributed by atoms with E-state index in [-0.39, 0.29) is 12.5 Å². The Morgan fingerprint density at radius 1 is 1.54 bits per heavy atom. The lowest BCUT2D eigenvalue weighted by Crippen LogP contribution is -2.33. The van der Waals surface area contributed by atoms with Gasteiger partial charge in [0, 0.05) is 25.9 Å². The summed E-state index contributed by atoms with van der Waals surface area (Å²) in [5, 5.41) is 10.8. The maximum absolute atomic E-state index is 11.1. The van der Waals surface area contributed by atoms with Crippen LogP contribution in [0.25, 0.3) is 0 Å². The van der Waals surface area contributed by atoms with Crippen LogP contribution < -0.4 is 5.32 Å². The molecule has 13 heavy (non-hydrogen) atoms. The fourth-order valence-corrected chi connectivity index (χ4v) is 0.588. The summed E-state index contributed by atoms with van der Waals surface area (Å²) in [5.41, 5.74) is 0. The molecule has 0 unspecified atom stereocenters.